The molecule has 0 spiro atoms. The fourth-order valence-electron chi connectivity index (χ4n) is 3.75. The Morgan fingerprint density at radius 1 is 1.03 bits per heavy atom. The first-order valence-corrected chi connectivity index (χ1v) is 12.4. The second-order valence-electron chi connectivity index (χ2n) is 7.99. The lowest BCUT2D eigenvalue weighted by molar-refractivity contribution is -0.122. The Morgan fingerprint density at radius 3 is 2.33 bits per heavy atom. The van der Waals surface area contributed by atoms with Crippen molar-refractivity contribution >= 4 is 57.3 Å². The number of aliphatic hydroxyl groups is 1. The predicted octanol–water partition coefficient (Wildman–Crippen LogP) is 4.62. The largest absolute Gasteiger partial charge is 0.484 e. The van der Waals surface area contributed by atoms with Crippen molar-refractivity contribution in [3.8, 4) is 0 Å². The van der Waals surface area contributed by atoms with Gasteiger partial charge < -0.3 is 24.5 Å². The maximum Gasteiger partial charge on any atom is 0.292 e. The average Bonchev–Trinajstić information content (AvgIpc) is 3.34. The Bertz CT molecular complexity index is 1470. The molecule has 1 aliphatic rings. The third-order valence-electron chi connectivity index (χ3n) is 5.51. The molecule has 2 aromatic heterocycles. The maximum absolute atomic E-state index is 12.9. The maximum atomic E-state index is 12.9. The summed E-state index contributed by atoms with van der Waals surface area (Å²) in [5, 5.41) is 15.1. The molecule has 0 radical (unpaired) electrons. The SMILES string of the molecule is O=C1NC(O)(/C=C\n2cc(I)c3c(Cl)ncnc32)C(OCc2ccccc2)=C1OCc1ccccc1. The molecule has 2 aromatic carbocycles. The van der Waals surface area contributed by atoms with Gasteiger partial charge in [-0.2, -0.15) is 0 Å². The third kappa shape index (κ3) is 4.95. The fraction of sp³-hybridized carbons (Fsp3) is 0.115. The number of hydrogen-bond donors (Lipinski definition) is 2. The van der Waals surface area contributed by atoms with E-state index in [1.807, 2.05) is 60.7 Å². The highest BCUT2D eigenvalue weighted by Crippen LogP contribution is 2.32. The molecule has 4 aromatic rings. The van der Waals surface area contributed by atoms with Gasteiger partial charge >= 0.3 is 0 Å². The van der Waals surface area contributed by atoms with Crippen LogP contribution in [0.5, 0.6) is 0 Å². The quantitative estimate of drug-likeness (QED) is 0.222. The topological polar surface area (TPSA) is 98.5 Å². The second-order valence-corrected chi connectivity index (χ2v) is 9.51. The summed E-state index contributed by atoms with van der Waals surface area (Å²) in [6, 6.07) is 18.9. The number of fused-ring (bicyclic) bond motifs is 1. The van der Waals surface area contributed by atoms with Crippen LogP contribution in [0.3, 0.4) is 0 Å². The van der Waals surface area contributed by atoms with Crippen LogP contribution in [-0.4, -0.2) is 31.3 Å². The summed E-state index contributed by atoms with van der Waals surface area (Å²) in [4.78, 5) is 21.2. The van der Waals surface area contributed by atoms with E-state index in [2.05, 4.69) is 37.9 Å². The van der Waals surface area contributed by atoms with E-state index in [1.54, 1.807) is 17.0 Å². The van der Waals surface area contributed by atoms with Crippen LogP contribution in [0.15, 0.2) is 90.8 Å². The van der Waals surface area contributed by atoms with Gasteiger partial charge in [-0.15, -0.1) is 0 Å². The smallest absolute Gasteiger partial charge is 0.292 e. The molecule has 0 fully saturated rings. The van der Waals surface area contributed by atoms with Gasteiger partial charge in [-0.05, 0) is 39.8 Å². The molecule has 10 heteroatoms. The summed E-state index contributed by atoms with van der Waals surface area (Å²) in [7, 11) is 0. The lowest BCUT2D eigenvalue weighted by Gasteiger charge is -2.22. The van der Waals surface area contributed by atoms with E-state index in [4.69, 9.17) is 21.1 Å². The van der Waals surface area contributed by atoms with Crippen molar-refractivity contribution in [2.24, 2.45) is 0 Å². The standard InChI is InChI=1S/C26H20ClIN4O4/c27-23-20-19(28)13-32(24(20)30-16-29-23)12-11-26(34)22(36-15-18-9-5-2-6-10-18)21(25(33)31-26)35-14-17-7-3-1-4-8-17/h1-13,16,34H,14-15H2,(H,31,33)/b12-11-. The number of carbonyl (C=O) groups is 1. The molecule has 0 bridgehead atoms. The van der Waals surface area contributed by atoms with Gasteiger partial charge in [0.15, 0.2) is 0 Å². The van der Waals surface area contributed by atoms with Crippen LogP contribution in [0, 0.1) is 3.57 Å². The molecule has 1 aliphatic heterocycles. The number of ether oxygens (including phenoxy) is 2. The van der Waals surface area contributed by atoms with E-state index >= 15 is 0 Å². The molecular weight excluding hydrogens is 595 g/mol. The highest BCUT2D eigenvalue weighted by molar-refractivity contribution is 14.1. The van der Waals surface area contributed by atoms with Crippen molar-refractivity contribution in [2.45, 2.75) is 18.9 Å². The minimum Gasteiger partial charge on any atom is -0.484 e. The molecule has 0 saturated carbocycles. The molecule has 2 N–H and O–H groups in total. The van der Waals surface area contributed by atoms with Crippen molar-refractivity contribution in [1.29, 1.82) is 0 Å². The first-order valence-electron chi connectivity index (χ1n) is 10.9. The zero-order valence-electron chi connectivity index (χ0n) is 18.8. The van der Waals surface area contributed by atoms with Crippen LogP contribution in [-0.2, 0) is 27.5 Å². The summed E-state index contributed by atoms with van der Waals surface area (Å²) in [6.07, 6.45) is 6.15. The van der Waals surface area contributed by atoms with E-state index in [1.165, 1.54) is 12.4 Å². The van der Waals surface area contributed by atoms with Crippen LogP contribution in [0.25, 0.3) is 17.2 Å². The van der Waals surface area contributed by atoms with Gasteiger partial charge in [0.25, 0.3) is 5.91 Å². The average molecular weight is 615 g/mol. The number of halogens is 2. The molecule has 3 heterocycles. The second kappa shape index (κ2) is 10.3. The highest BCUT2D eigenvalue weighted by Gasteiger charge is 2.46. The molecule has 8 nitrogen and oxygen atoms in total. The monoisotopic (exact) mass is 614 g/mol. The van der Waals surface area contributed by atoms with E-state index < -0.39 is 11.6 Å². The van der Waals surface area contributed by atoms with E-state index in [-0.39, 0.29) is 24.7 Å². The Kier molecular flexibility index (Phi) is 6.95. The van der Waals surface area contributed by atoms with Gasteiger partial charge in [0.05, 0.1) is 5.39 Å². The van der Waals surface area contributed by atoms with Gasteiger partial charge in [-0.3, -0.25) is 4.79 Å². The normalized spacial score (nSPS) is 17.7. The lowest BCUT2D eigenvalue weighted by Crippen LogP contribution is -2.43. The van der Waals surface area contributed by atoms with Crippen LogP contribution >= 0.6 is 34.2 Å². The zero-order valence-corrected chi connectivity index (χ0v) is 21.7. The van der Waals surface area contributed by atoms with Crippen LogP contribution in [0.2, 0.25) is 5.15 Å². The highest BCUT2D eigenvalue weighted by atomic mass is 127. The summed E-state index contributed by atoms with van der Waals surface area (Å²) < 4.78 is 14.4. The van der Waals surface area contributed by atoms with Gasteiger partial charge in [-0.25, -0.2) is 9.97 Å². The lowest BCUT2D eigenvalue weighted by atomic mass is 10.2. The van der Waals surface area contributed by atoms with Crippen molar-refractivity contribution < 1.29 is 19.4 Å². The van der Waals surface area contributed by atoms with Crippen LogP contribution in [0.4, 0.5) is 0 Å². The summed E-state index contributed by atoms with van der Waals surface area (Å²) in [6.45, 7) is 0.268. The van der Waals surface area contributed by atoms with Crippen LogP contribution in [0.1, 0.15) is 11.1 Å². The zero-order chi connectivity index (χ0) is 25.1. The number of aromatic nitrogens is 3. The molecule has 1 atom stereocenters. The Balaban J connectivity index is 1.48. The van der Waals surface area contributed by atoms with Crippen molar-refractivity contribution in [3.05, 3.63) is 111 Å². The number of hydrogen-bond acceptors (Lipinski definition) is 6. The van der Waals surface area contributed by atoms with Crippen molar-refractivity contribution in [3.63, 3.8) is 0 Å². The molecule has 36 heavy (non-hydrogen) atoms. The number of benzene rings is 2. The number of carbonyl (C=O) groups excluding carboxylic acids is 1. The molecule has 1 amide bonds. The minimum absolute atomic E-state index is 0.0256. The van der Waals surface area contributed by atoms with Gasteiger partial charge in [-0.1, -0.05) is 72.3 Å². The third-order valence-corrected chi connectivity index (χ3v) is 6.61. The minimum atomic E-state index is -1.95. The predicted molar refractivity (Wildman–Crippen MR) is 143 cm³/mol. The summed E-state index contributed by atoms with van der Waals surface area (Å²) in [5.74, 6) is -0.694. The number of rotatable bonds is 8. The fourth-order valence-corrected chi connectivity index (χ4v) is 4.94. The first kappa shape index (κ1) is 24.3. The molecule has 0 aliphatic carbocycles. The van der Waals surface area contributed by atoms with Gasteiger partial charge in [0.2, 0.25) is 17.2 Å². The molecule has 5 rings (SSSR count). The molecule has 0 saturated heterocycles. The summed E-state index contributed by atoms with van der Waals surface area (Å²) >= 11 is 8.37. The van der Waals surface area contributed by atoms with Crippen molar-refractivity contribution in [2.75, 3.05) is 0 Å². The number of nitrogens with one attached hydrogen (secondary N) is 1. The van der Waals surface area contributed by atoms with Gasteiger partial charge in [0, 0.05) is 16.0 Å². The Labute approximate surface area is 225 Å². The van der Waals surface area contributed by atoms with Gasteiger partial charge in [0.1, 0.15) is 30.3 Å². The number of nitrogens with zero attached hydrogens (tertiary/aromatic N) is 3. The molecule has 1 unspecified atom stereocenters. The molecular formula is C26H20ClIN4O4. The summed E-state index contributed by atoms with van der Waals surface area (Å²) in [5.41, 5.74) is 0.350. The van der Waals surface area contributed by atoms with E-state index in [0.29, 0.717) is 16.2 Å². The van der Waals surface area contributed by atoms with Crippen LogP contribution < -0.4 is 5.32 Å². The first-order chi connectivity index (χ1) is 17.4. The Morgan fingerprint density at radius 2 is 1.67 bits per heavy atom. The Hall–Kier alpha value is -3.41. The van der Waals surface area contributed by atoms with E-state index in [9.17, 15) is 9.90 Å². The molecule has 182 valence electrons. The van der Waals surface area contributed by atoms with E-state index in [0.717, 1.165) is 14.7 Å². The van der Waals surface area contributed by atoms with Crippen molar-refractivity contribution in [1.82, 2.24) is 19.9 Å². The number of amides is 1.